The summed E-state index contributed by atoms with van der Waals surface area (Å²) < 4.78 is 12.8. The molecule has 0 spiro atoms. The first-order valence-corrected chi connectivity index (χ1v) is 22.3. The lowest BCUT2D eigenvalue weighted by Crippen LogP contribution is -2.29. The van der Waals surface area contributed by atoms with Crippen molar-refractivity contribution in [2.24, 2.45) is 0 Å². The van der Waals surface area contributed by atoms with E-state index in [9.17, 15) is 10.2 Å². The van der Waals surface area contributed by atoms with E-state index in [0.717, 1.165) is 77.2 Å². The number of hydrogen-bond donors (Lipinski definition) is 2. The van der Waals surface area contributed by atoms with Crippen molar-refractivity contribution in [2.45, 2.75) is 5.41 Å². The van der Waals surface area contributed by atoms with Crippen LogP contribution in [0, 0.1) is 0 Å². The summed E-state index contributed by atoms with van der Waals surface area (Å²) >= 11 is 0. The quantitative estimate of drug-likeness (QED) is 0.129. The van der Waals surface area contributed by atoms with E-state index in [4.69, 9.17) is 9.47 Å². The van der Waals surface area contributed by atoms with Crippen LogP contribution in [0.3, 0.4) is 0 Å². The molecular formula is C61H46O4. The zero-order valence-electron chi connectivity index (χ0n) is 35.8. The maximum absolute atomic E-state index is 10.0. The van der Waals surface area contributed by atoms with E-state index in [2.05, 4.69) is 218 Å². The van der Waals surface area contributed by atoms with Crippen molar-refractivity contribution in [3.8, 4) is 67.1 Å². The molecule has 2 N–H and O–H groups in total. The fourth-order valence-electron chi connectivity index (χ4n) is 9.99. The summed E-state index contributed by atoms with van der Waals surface area (Å²) in [5.41, 5.74) is 14.4. The molecule has 0 aromatic heterocycles. The zero-order chi connectivity index (χ0) is 43.7. The van der Waals surface area contributed by atoms with Gasteiger partial charge in [0.2, 0.25) is 0 Å². The Morgan fingerprint density at radius 3 is 1.14 bits per heavy atom. The highest BCUT2D eigenvalue weighted by atomic mass is 16.5. The van der Waals surface area contributed by atoms with Gasteiger partial charge in [0, 0.05) is 11.1 Å². The third-order valence-electron chi connectivity index (χ3n) is 13.0. The van der Waals surface area contributed by atoms with E-state index < -0.39 is 5.41 Å². The van der Waals surface area contributed by atoms with Crippen LogP contribution in [-0.4, -0.2) is 36.6 Å². The van der Waals surface area contributed by atoms with Gasteiger partial charge in [-0.15, -0.1) is 0 Å². The van der Waals surface area contributed by atoms with Crippen LogP contribution in [0.4, 0.5) is 0 Å². The van der Waals surface area contributed by atoms with Crippen LogP contribution in [0.1, 0.15) is 22.3 Å². The number of benzene rings is 10. The average Bonchev–Trinajstić information content (AvgIpc) is 3.67. The van der Waals surface area contributed by atoms with E-state index in [0.29, 0.717) is 11.5 Å². The summed E-state index contributed by atoms with van der Waals surface area (Å²) in [5.74, 6) is 1.40. The lowest BCUT2D eigenvalue weighted by Gasteiger charge is -2.35. The van der Waals surface area contributed by atoms with E-state index in [-0.39, 0.29) is 26.4 Å². The predicted octanol–water partition coefficient (Wildman–Crippen LogP) is 13.8. The Morgan fingerprint density at radius 1 is 0.308 bits per heavy atom. The van der Waals surface area contributed by atoms with Gasteiger partial charge >= 0.3 is 0 Å². The van der Waals surface area contributed by atoms with Gasteiger partial charge in [-0.1, -0.05) is 170 Å². The molecule has 0 atom stereocenters. The Kier molecular flexibility index (Phi) is 10.5. The number of aliphatic hydroxyl groups is 2. The molecule has 0 bridgehead atoms. The first kappa shape index (κ1) is 40.0. The molecule has 10 aromatic carbocycles. The number of aliphatic hydroxyl groups excluding tert-OH is 2. The normalized spacial score (nSPS) is 12.5. The van der Waals surface area contributed by atoms with Gasteiger partial charge in [-0.3, -0.25) is 0 Å². The molecule has 0 saturated heterocycles. The minimum Gasteiger partial charge on any atom is -0.491 e. The first-order chi connectivity index (χ1) is 32.1. The third kappa shape index (κ3) is 7.14. The second-order valence-electron chi connectivity index (χ2n) is 16.7. The lowest BCUT2D eigenvalue weighted by atomic mass is 9.66. The summed E-state index contributed by atoms with van der Waals surface area (Å²) in [4.78, 5) is 0. The Morgan fingerprint density at radius 2 is 0.708 bits per heavy atom. The van der Waals surface area contributed by atoms with Crippen LogP contribution in [-0.2, 0) is 5.41 Å². The maximum atomic E-state index is 10.0. The van der Waals surface area contributed by atoms with Gasteiger partial charge in [0.1, 0.15) is 24.7 Å². The topological polar surface area (TPSA) is 58.9 Å². The molecule has 4 heteroatoms. The van der Waals surface area contributed by atoms with E-state index in [1.54, 1.807) is 0 Å². The van der Waals surface area contributed by atoms with Gasteiger partial charge in [0.25, 0.3) is 0 Å². The van der Waals surface area contributed by atoms with E-state index in [1.165, 1.54) is 22.3 Å². The van der Waals surface area contributed by atoms with Gasteiger partial charge in [-0.25, -0.2) is 0 Å². The second-order valence-corrected chi connectivity index (χ2v) is 16.7. The van der Waals surface area contributed by atoms with Gasteiger partial charge in [-0.05, 0) is 137 Å². The molecular weight excluding hydrogens is 797 g/mol. The molecule has 0 fully saturated rings. The van der Waals surface area contributed by atoms with Crippen LogP contribution in [0.15, 0.2) is 218 Å². The van der Waals surface area contributed by atoms with Crippen LogP contribution in [0.25, 0.3) is 77.2 Å². The second kappa shape index (κ2) is 17.1. The van der Waals surface area contributed by atoms with Crippen LogP contribution in [0.5, 0.6) is 11.5 Å². The Bertz CT molecular complexity index is 3130. The monoisotopic (exact) mass is 842 g/mol. The fraction of sp³-hybridized carbons (Fsp3) is 0.0820. The van der Waals surface area contributed by atoms with Crippen LogP contribution < -0.4 is 9.47 Å². The van der Waals surface area contributed by atoms with Crippen molar-refractivity contribution in [3.63, 3.8) is 0 Å². The largest absolute Gasteiger partial charge is 0.491 e. The highest BCUT2D eigenvalue weighted by molar-refractivity contribution is 5.94. The van der Waals surface area contributed by atoms with Crippen molar-refractivity contribution in [3.05, 3.63) is 241 Å². The molecule has 1 aliphatic rings. The van der Waals surface area contributed by atoms with E-state index >= 15 is 0 Å². The molecule has 0 heterocycles. The van der Waals surface area contributed by atoms with E-state index in [1.807, 2.05) is 0 Å². The number of rotatable bonds is 12. The van der Waals surface area contributed by atoms with Gasteiger partial charge in [-0.2, -0.15) is 0 Å². The number of hydrogen-bond acceptors (Lipinski definition) is 4. The summed E-state index contributed by atoms with van der Waals surface area (Å²) in [6, 6.07) is 78.3. The molecule has 0 unspecified atom stereocenters. The Balaban J connectivity index is 1.25. The molecule has 0 radical (unpaired) electrons. The first-order valence-electron chi connectivity index (χ1n) is 22.3. The molecule has 65 heavy (non-hydrogen) atoms. The highest BCUT2D eigenvalue weighted by Gasteiger charge is 2.47. The molecule has 0 amide bonds. The Labute approximate surface area is 379 Å². The third-order valence-corrected chi connectivity index (χ3v) is 13.0. The smallest absolute Gasteiger partial charge is 0.127 e. The predicted molar refractivity (Wildman–Crippen MR) is 266 cm³/mol. The summed E-state index contributed by atoms with van der Waals surface area (Å²) in [6.07, 6.45) is 0. The summed E-state index contributed by atoms with van der Waals surface area (Å²) in [7, 11) is 0. The van der Waals surface area contributed by atoms with Gasteiger partial charge < -0.3 is 19.7 Å². The minimum atomic E-state index is -0.859. The Hall–Kier alpha value is -7.76. The van der Waals surface area contributed by atoms with Crippen molar-refractivity contribution >= 4 is 21.5 Å². The summed E-state index contributed by atoms with van der Waals surface area (Å²) in [5, 5.41) is 24.6. The molecule has 10 aromatic rings. The fourth-order valence-corrected chi connectivity index (χ4v) is 9.99. The lowest BCUT2D eigenvalue weighted by molar-refractivity contribution is 0.202. The molecule has 11 rings (SSSR count). The van der Waals surface area contributed by atoms with Crippen molar-refractivity contribution in [1.29, 1.82) is 0 Å². The standard InChI is InChI=1S/C61H46O4/c62-31-33-64-59-29-25-51(39-55(59)49-21-19-43-15-7-9-17-45(43)35-49)61(52-26-30-60(65-34-32-63)56(40-52)50-22-20-44-16-8-10-18-46(44)36-50)57-37-47(41-11-3-1-4-12-41)23-27-53(57)54-28-24-48(38-58(54)61)42-13-5-2-6-14-42/h1-30,35-40,62-63H,31-34H2. The molecule has 1 aliphatic carbocycles. The van der Waals surface area contributed by atoms with Gasteiger partial charge in [0.15, 0.2) is 0 Å². The van der Waals surface area contributed by atoms with Gasteiger partial charge in [0.05, 0.1) is 18.6 Å². The van der Waals surface area contributed by atoms with Crippen molar-refractivity contribution in [1.82, 2.24) is 0 Å². The summed E-state index contributed by atoms with van der Waals surface area (Å²) in [6.45, 7) is 0.136. The highest BCUT2D eigenvalue weighted by Crippen LogP contribution is 2.59. The molecule has 0 aliphatic heterocycles. The average molecular weight is 843 g/mol. The van der Waals surface area contributed by atoms with Crippen LogP contribution in [0.2, 0.25) is 0 Å². The SMILES string of the molecule is OCCOc1ccc(C2(c3ccc(OCCO)c(-c4ccc5ccccc5c4)c3)c3cc(-c4ccccc4)ccc3-c3ccc(-c4ccccc4)cc32)cc1-c1ccc2ccccc2c1. The minimum absolute atomic E-state index is 0.101. The zero-order valence-corrected chi connectivity index (χ0v) is 35.8. The van der Waals surface area contributed by atoms with Crippen molar-refractivity contribution in [2.75, 3.05) is 26.4 Å². The molecule has 4 nitrogen and oxygen atoms in total. The molecule has 314 valence electrons. The maximum Gasteiger partial charge on any atom is 0.127 e. The van der Waals surface area contributed by atoms with Crippen molar-refractivity contribution < 1.29 is 19.7 Å². The number of ether oxygens (including phenoxy) is 2. The number of fused-ring (bicyclic) bond motifs is 5. The molecule has 0 saturated carbocycles. The van der Waals surface area contributed by atoms with Crippen LogP contribution >= 0.6 is 0 Å².